The largest absolute Gasteiger partial charge is 0.481 e. The zero-order chi connectivity index (χ0) is 17.6. The van der Waals surface area contributed by atoms with Crippen LogP contribution in [0, 0.1) is 5.82 Å². The van der Waals surface area contributed by atoms with Crippen LogP contribution in [0.3, 0.4) is 0 Å². The SMILES string of the molecule is COc1ccc(CN2CC[C@H](NC(=O)Cc3ccccc3F)C2)cn1. The van der Waals surface area contributed by atoms with Gasteiger partial charge in [0.15, 0.2) is 0 Å². The molecule has 1 fully saturated rings. The zero-order valence-corrected chi connectivity index (χ0v) is 14.2. The maximum absolute atomic E-state index is 13.6. The molecule has 132 valence electrons. The molecule has 2 heterocycles. The van der Waals surface area contributed by atoms with Gasteiger partial charge in [0.05, 0.1) is 13.5 Å². The number of rotatable bonds is 6. The molecule has 1 atom stereocenters. The fourth-order valence-corrected chi connectivity index (χ4v) is 3.07. The first-order chi connectivity index (χ1) is 12.1. The molecule has 0 bridgehead atoms. The molecule has 1 N–H and O–H groups in total. The van der Waals surface area contributed by atoms with Gasteiger partial charge in [-0.2, -0.15) is 0 Å². The van der Waals surface area contributed by atoms with Crippen LogP contribution in [0.1, 0.15) is 17.5 Å². The first kappa shape index (κ1) is 17.4. The minimum atomic E-state index is -0.335. The highest BCUT2D eigenvalue weighted by Gasteiger charge is 2.24. The minimum Gasteiger partial charge on any atom is -0.481 e. The number of nitrogens with zero attached hydrogens (tertiary/aromatic N) is 2. The van der Waals surface area contributed by atoms with Crippen molar-refractivity contribution in [1.29, 1.82) is 0 Å². The van der Waals surface area contributed by atoms with Gasteiger partial charge in [0.1, 0.15) is 5.82 Å². The van der Waals surface area contributed by atoms with E-state index in [0.717, 1.165) is 31.6 Å². The Morgan fingerprint density at radius 2 is 2.20 bits per heavy atom. The fraction of sp³-hybridized carbons (Fsp3) is 0.368. The average molecular weight is 343 g/mol. The van der Waals surface area contributed by atoms with Crippen molar-refractivity contribution in [2.75, 3.05) is 20.2 Å². The molecule has 1 aliphatic rings. The van der Waals surface area contributed by atoms with E-state index >= 15 is 0 Å². The van der Waals surface area contributed by atoms with E-state index in [1.807, 2.05) is 18.3 Å². The molecule has 3 rings (SSSR count). The number of nitrogens with one attached hydrogen (secondary N) is 1. The van der Waals surface area contributed by atoms with E-state index in [1.165, 1.54) is 6.07 Å². The molecule has 6 heteroatoms. The number of methoxy groups -OCH3 is 1. The van der Waals surface area contributed by atoms with Crippen LogP contribution < -0.4 is 10.1 Å². The Hall–Kier alpha value is -2.47. The number of hydrogen-bond donors (Lipinski definition) is 1. The lowest BCUT2D eigenvalue weighted by atomic mass is 10.1. The van der Waals surface area contributed by atoms with E-state index in [0.29, 0.717) is 11.4 Å². The van der Waals surface area contributed by atoms with Gasteiger partial charge >= 0.3 is 0 Å². The summed E-state index contributed by atoms with van der Waals surface area (Å²) in [6, 6.07) is 10.3. The topological polar surface area (TPSA) is 54.5 Å². The molecular formula is C19H22FN3O2. The Morgan fingerprint density at radius 1 is 1.36 bits per heavy atom. The summed E-state index contributed by atoms with van der Waals surface area (Å²) in [5.41, 5.74) is 1.54. The Balaban J connectivity index is 1.47. The third-order valence-corrected chi connectivity index (χ3v) is 4.36. The van der Waals surface area contributed by atoms with Crippen molar-refractivity contribution < 1.29 is 13.9 Å². The number of likely N-dealkylation sites (tertiary alicyclic amines) is 1. The molecule has 1 aromatic heterocycles. The molecule has 5 nitrogen and oxygen atoms in total. The summed E-state index contributed by atoms with van der Waals surface area (Å²) in [7, 11) is 1.59. The molecule has 0 spiro atoms. The summed E-state index contributed by atoms with van der Waals surface area (Å²) in [6.07, 6.45) is 2.78. The molecule has 0 radical (unpaired) electrons. The van der Waals surface area contributed by atoms with Crippen molar-refractivity contribution in [3.8, 4) is 5.88 Å². The van der Waals surface area contributed by atoms with Gasteiger partial charge in [0, 0.05) is 37.9 Å². The van der Waals surface area contributed by atoms with Gasteiger partial charge in [-0.05, 0) is 23.6 Å². The first-order valence-corrected chi connectivity index (χ1v) is 8.38. The van der Waals surface area contributed by atoms with E-state index in [1.54, 1.807) is 25.3 Å². The van der Waals surface area contributed by atoms with Crippen molar-refractivity contribution in [3.05, 3.63) is 59.5 Å². The number of amides is 1. The van der Waals surface area contributed by atoms with Gasteiger partial charge in [-0.15, -0.1) is 0 Å². The van der Waals surface area contributed by atoms with E-state index < -0.39 is 0 Å². The van der Waals surface area contributed by atoms with E-state index in [9.17, 15) is 9.18 Å². The van der Waals surface area contributed by atoms with E-state index in [4.69, 9.17) is 4.74 Å². The Labute approximate surface area is 146 Å². The summed E-state index contributed by atoms with van der Waals surface area (Å²) in [5.74, 6) is 0.129. The number of pyridine rings is 1. The minimum absolute atomic E-state index is 0.0750. The van der Waals surface area contributed by atoms with Gasteiger partial charge < -0.3 is 10.1 Å². The molecule has 0 saturated carbocycles. The van der Waals surface area contributed by atoms with Crippen LogP contribution >= 0.6 is 0 Å². The van der Waals surface area contributed by atoms with Crippen LogP contribution in [0.4, 0.5) is 4.39 Å². The smallest absolute Gasteiger partial charge is 0.224 e. The lowest BCUT2D eigenvalue weighted by Crippen LogP contribution is -2.37. The van der Waals surface area contributed by atoms with Crippen LogP contribution in [0.15, 0.2) is 42.6 Å². The van der Waals surface area contributed by atoms with Crippen LogP contribution in [0.2, 0.25) is 0 Å². The lowest BCUT2D eigenvalue weighted by molar-refractivity contribution is -0.121. The molecule has 2 aromatic rings. The van der Waals surface area contributed by atoms with Crippen LogP contribution in [-0.4, -0.2) is 42.0 Å². The molecule has 1 saturated heterocycles. The van der Waals surface area contributed by atoms with Gasteiger partial charge in [0.2, 0.25) is 11.8 Å². The standard InChI is InChI=1S/C19H22FN3O2/c1-25-19-7-6-14(11-21-19)12-23-9-8-16(13-23)22-18(24)10-15-4-2-3-5-17(15)20/h2-7,11,16H,8-10,12-13H2,1H3,(H,22,24)/t16-/m0/s1. The maximum Gasteiger partial charge on any atom is 0.224 e. The monoisotopic (exact) mass is 343 g/mol. The van der Waals surface area contributed by atoms with Crippen LogP contribution in [0.25, 0.3) is 0 Å². The summed E-state index contributed by atoms with van der Waals surface area (Å²) >= 11 is 0. The third kappa shape index (κ3) is 4.76. The Morgan fingerprint density at radius 3 is 2.92 bits per heavy atom. The van der Waals surface area contributed by atoms with E-state index in [2.05, 4.69) is 15.2 Å². The van der Waals surface area contributed by atoms with Gasteiger partial charge in [0.25, 0.3) is 0 Å². The summed E-state index contributed by atoms with van der Waals surface area (Å²) < 4.78 is 18.7. The number of halogens is 1. The lowest BCUT2D eigenvalue weighted by Gasteiger charge is -2.17. The van der Waals surface area contributed by atoms with Gasteiger partial charge in [-0.25, -0.2) is 9.37 Å². The predicted octanol–water partition coefficient (Wildman–Crippen LogP) is 2.16. The summed E-state index contributed by atoms with van der Waals surface area (Å²) in [6.45, 7) is 2.49. The van der Waals surface area contributed by atoms with Gasteiger partial charge in [-0.1, -0.05) is 24.3 Å². The predicted molar refractivity (Wildman–Crippen MR) is 92.7 cm³/mol. The highest BCUT2D eigenvalue weighted by molar-refractivity contribution is 5.79. The summed E-state index contributed by atoms with van der Waals surface area (Å²) in [4.78, 5) is 18.6. The fourth-order valence-electron chi connectivity index (χ4n) is 3.07. The maximum atomic E-state index is 13.6. The number of benzene rings is 1. The normalized spacial score (nSPS) is 17.4. The van der Waals surface area contributed by atoms with Crippen molar-refractivity contribution >= 4 is 5.91 Å². The second-order valence-electron chi connectivity index (χ2n) is 6.27. The van der Waals surface area contributed by atoms with Crippen molar-refractivity contribution in [3.63, 3.8) is 0 Å². The molecule has 1 aliphatic heterocycles. The number of carbonyl (C=O) groups is 1. The van der Waals surface area contributed by atoms with Crippen LogP contribution in [-0.2, 0) is 17.8 Å². The molecule has 0 unspecified atom stereocenters. The van der Waals surface area contributed by atoms with Crippen LogP contribution in [0.5, 0.6) is 5.88 Å². The van der Waals surface area contributed by atoms with Crippen molar-refractivity contribution in [2.24, 2.45) is 0 Å². The Kier molecular flexibility index (Phi) is 5.60. The zero-order valence-electron chi connectivity index (χ0n) is 14.2. The average Bonchev–Trinajstić information content (AvgIpc) is 3.04. The third-order valence-electron chi connectivity index (χ3n) is 4.36. The molecule has 1 aromatic carbocycles. The molecular weight excluding hydrogens is 321 g/mol. The molecule has 1 amide bonds. The van der Waals surface area contributed by atoms with Gasteiger partial charge in [-0.3, -0.25) is 9.69 Å². The molecule has 0 aliphatic carbocycles. The van der Waals surface area contributed by atoms with E-state index in [-0.39, 0.29) is 24.2 Å². The first-order valence-electron chi connectivity index (χ1n) is 8.38. The quantitative estimate of drug-likeness (QED) is 0.873. The number of hydrogen-bond acceptors (Lipinski definition) is 4. The highest BCUT2D eigenvalue weighted by Crippen LogP contribution is 2.15. The van der Waals surface area contributed by atoms with Crippen molar-refractivity contribution in [2.45, 2.75) is 25.4 Å². The second kappa shape index (κ2) is 8.07. The van der Waals surface area contributed by atoms with Crippen molar-refractivity contribution in [1.82, 2.24) is 15.2 Å². The number of aromatic nitrogens is 1. The number of ether oxygens (including phenoxy) is 1. The Bertz CT molecular complexity index is 721. The number of carbonyl (C=O) groups excluding carboxylic acids is 1. The highest BCUT2D eigenvalue weighted by atomic mass is 19.1. The second-order valence-corrected chi connectivity index (χ2v) is 6.27. The summed E-state index contributed by atoms with van der Waals surface area (Å²) in [5, 5.41) is 3.01. The molecule has 25 heavy (non-hydrogen) atoms.